The molecule has 7 heteroatoms. The molecular formula is C16H9Cl3N2O2. The van der Waals surface area contributed by atoms with Gasteiger partial charge in [0, 0.05) is 16.7 Å². The molecule has 3 rings (SSSR count). The summed E-state index contributed by atoms with van der Waals surface area (Å²) in [5, 5.41) is 7.64. The Kier molecular flexibility index (Phi) is 4.57. The number of halogens is 3. The van der Waals surface area contributed by atoms with Gasteiger partial charge in [-0.25, -0.2) is 0 Å². The van der Waals surface area contributed by atoms with Crippen molar-refractivity contribution in [1.82, 2.24) is 5.16 Å². The van der Waals surface area contributed by atoms with Gasteiger partial charge < -0.3 is 9.84 Å². The van der Waals surface area contributed by atoms with Crippen LogP contribution in [0.5, 0.6) is 0 Å². The Morgan fingerprint density at radius 1 is 1.04 bits per heavy atom. The Balaban J connectivity index is 1.81. The number of rotatable bonds is 3. The van der Waals surface area contributed by atoms with Crippen molar-refractivity contribution >= 4 is 46.4 Å². The number of amides is 1. The predicted octanol–water partition coefficient (Wildman–Crippen LogP) is 5.55. The summed E-state index contributed by atoms with van der Waals surface area (Å²) in [5.74, 6) is 0.0159. The van der Waals surface area contributed by atoms with Crippen molar-refractivity contribution in [1.29, 1.82) is 0 Å². The van der Waals surface area contributed by atoms with Crippen molar-refractivity contribution in [2.75, 3.05) is 5.32 Å². The topological polar surface area (TPSA) is 55.1 Å². The van der Waals surface area contributed by atoms with Gasteiger partial charge in [0.25, 0.3) is 5.91 Å². The van der Waals surface area contributed by atoms with E-state index < -0.39 is 5.91 Å². The zero-order valence-corrected chi connectivity index (χ0v) is 13.8. The number of anilines is 1. The lowest BCUT2D eigenvalue weighted by molar-refractivity contribution is 0.101. The van der Waals surface area contributed by atoms with Gasteiger partial charge in [0.1, 0.15) is 0 Å². The second kappa shape index (κ2) is 6.62. The molecule has 0 atom stereocenters. The molecule has 0 aliphatic rings. The van der Waals surface area contributed by atoms with Gasteiger partial charge in [-0.15, -0.1) is 0 Å². The molecule has 116 valence electrons. The maximum atomic E-state index is 12.2. The fraction of sp³-hybridized carbons (Fsp3) is 0. The number of nitrogens with one attached hydrogen (secondary N) is 1. The van der Waals surface area contributed by atoms with Gasteiger partial charge in [0.2, 0.25) is 0 Å². The third-order valence-electron chi connectivity index (χ3n) is 3.07. The van der Waals surface area contributed by atoms with Crippen LogP contribution in [-0.2, 0) is 0 Å². The maximum absolute atomic E-state index is 12.2. The average molecular weight is 368 g/mol. The van der Waals surface area contributed by atoms with Crippen molar-refractivity contribution < 1.29 is 9.32 Å². The lowest BCUT2D eigenvalue weighted by atomic mass is 10.1. The second-order valence-corrected chi connectivity index (χ2v) is 5.86. The first-order valence-electron chi connectivity index (χ1n) is 6.52. The number of aromatic nitrogens is 1. The molecule has 2 aromatic carbocycles. The van der Waals surface area contributed by atoms with E-state index in [1.54, 1.807) is 42.5 Å². The van der Waals surface area contributed by atoms with Crippen molar-refractivity contribution in [2.24, 2.45) is 0 Å². The van der Waals surface area contributed by atoms with E-state index in [1.165, 1.54) is 6.07 Å². The van der Waals surface area contributed by atoms with Crippen LogP contribution in [-0.4, -0.2) is 11.1 Å². The summed E-state index contributed by atoms with van der Waals surface area (Å²) in [4.78, 5) is 12.2. The SMILES string of the molecule is O=C(Nc1cccc(Cl)c1Cl)c1cc(-c2ccc(Cl)cc2)on1. The van der Waals surface area contributed by atoms with Gasteiger partial charge in [-0.3, -0.25) is 4.79 Å². The van der Waals surface area contributed by atoms with Gasteiger partial charge in [-0.05, 0) is 36.4 Å². The van der Waals surface area contributed by atoms with Gasteiger partial charge >= 0.3 is 0 Å². The molecule has 0 aliphatic heterocycles. The van der Waals surface area contributed by atoms with Crippen molar-refractivity contribution in [3.8, 4) is 11.3 Å². The summed E-state index contributed by atoms with van der Waals surface area (Å²) in [5.41, 5.74) is 1.30. The number of carbonyl (C=O) groups excluding carboxylic acids is 1. The number of carbonyl (C=O) groups is 1. The molecule has 0 aliphatic carbocycles. The third-order valence-corrected chi connectivity index (χ3v) is 4.14. The number of benzene rings is 2. The number of hydrogen-bond acceptors (Lipinski definition) is 3. The molecular weight excluding hydrogens is 359 g/mol. The van der Waals surface area contributed by atoms with Crippen LogP contribution in [0.2, 0.25) is 15.1 Å². The Morgan fingerprint density at radius 3 is 2.52 bits per heavy atom. The molecule has 23 heavy (non-hydrogen) atoms. The minimum atomic E-state index is -0.446. The summed E-state index contributed by atoms with van der Waals surface area (Å²) in [6.45, 7) is 0. The number of nitrogens with zero attached hydrogens (tertiary/aromatic N) is 1. The van der Waals surface area contributed by atoms with Crippen LogP contribution in [0, 0.1) is 0 Å². The Bertz CT molecular complexity index is 860. The highest BCUT2D eigenvalue weighted by Gasteiger charge is 2.15. The fourth-order valence-electron chi connectivity index (χ4n) is 1.92. The van der Waals surface area contributed by atoms with Crippen LogP contribution >= 0.6 is 34.8 Å². The lowest BCUT2D eigenvalue weighted by Crippen LogP contribution is -2.12. The van der Waals surface area contributed by atoms with E-state index in [0.717, 1.165) is 5.56 Å². The summed E-state index contributed by atoms with van der Waals surface area (Å²) in [6.07, 6.45) is 0. The summed E-state index contributed by atoms with van der Waals surface area (Å²) in [7, 11) is 0. The highest BCUT2D eigenvalue weighted by Crippen LogP contribution is 2.30. The quantitative estimate of drug-likeness (QED) is 0.660. The van der Waals surface area contributed by atoms with E-state index in [1.807, 2.05) is 0 Å². The van der Waals surface area contributed by atoms with Crippen molar-refractivity contribution in [3.63, 3.8) is 0 Å². The van der Waals surface area contributed by atoms with E-state index in [9.17, 15) is 4.79 Å². The van der Waals surface area contributed by atoms with Crippen LogP contribution in [0.25, 0.3) is 11.3 Å². The standard InChI is InChI=1S/C16H9Cl3N2O2/c17-10-6-4-9(5-7-10)14-8-13(21-23-14)16(22)20-12-3-1-2-11(18)15(12)19/h1-8H,(H,20,22). The normalized spacial score (nSPS) is 10.6. The van der Waals surface area contributed by atoms with Gasteiger partial charge in [0.15, 0.2) is 11.5 Å². The molecule has 0 radical (unpaired) electrons. The molecule has 0 saturated heterocycles. The Morgan fingerprint density at radius 2 is 1.78 bits per heavy atom. The maximum Gasteiger partial charge on any atom is 0.277 e. The molecule has 1 amide bonds. The molecule has 0 unspecified atom stereocenters. The van der Waals surface area contributed by atoms with Crippen LogP contribution in [0.1, 0.15) is 10.5 Å². The van der Waals surface area contributed by atoms with Crippen molar-refractivity contribution in [2.45, 2.75) is 0 Å². The summed E-state index contributed by atoms with van der Waals surface area (Å²) in [6, 6.07) is 13.5. The predicted molar refractivity (Wildman–Crippen MR) is 91.4 cm³/mol. The van der Waals surface area contributed by atoms with Crippen LogP contribution < -0.4 is 5.32 Å². The van der Waals surface area contributed by atoms with Crippen LogP contribution in [0.3, 0.4) is 0 Å². The molecule has 1 aromatic heterocycles. The molecule has 4 nitrogen and oxygen atoms in total. The highest BCUT2D eigenvalue weighted by atomic mass is 35.5. The van der Waals surface area contributed by atoms with Crippen LogP contribution in [0.4, 0.5) is 5.69 Å². The number of hydrogen-bond donors (Lipinski definition) is 1. The lowest BCUT2D eigenvalue weighted by Gasteiger charge is -2.05. The average Bonchev–Trinajstić information content (AvgIpc) is 3.02. The summed E-state index contributed by atoms with van der Waals surface area (Å²) < 4.78 is 5.19. The Hall–Kier alpha value is -2.01. The molecule has 0 spiro atoms. The minimum Gasteiger partial charge on any atom is -0.355 e. The smallest absolute Gasteiger partial charge is 0.277 e. The fourth-order valence-corrected chi connectivity index (χ4v) is 2.39. The highest BCUT2D eigenvalue weighted by molar-refractivity contribution is 6.44. The molecule has 0 fully saturated rings. The van der Waals surface area contributed by atoms with Gasteiger partial charge in [-0.1, -0.05) is 46.0 Å². The third kappa shape index (κ3) is 3.50. The van der Waals surface area contributed by atoms with E-state index in [4.69, 9.17) is 39.3 Å². The molecule has 1 heterocycles. The first kappa shape index (κ1) is 15.9. The minimum absolute atomic E-state index is 0.131. The monoisotopic (exact) mass is 366 g/mol. The first-order chi connectivity index (χ1) is 11.0. The molecule has 0 saturated carbocycles. The second-order valence-electron chi connectivity index (χ2n) is 4.64. The Labute approximate surface area is 146 Å². The summed E-state index contributed by atoms with van der Waals surface area (Å²) >= 11 is 17.8. The molecule has 3 aromatic rings. The zero-order chi connectivity index (χ0) is 16.4. The molecule has 1 N–H and O–H groups in total. The van der Waals surface area contributed by atoms with E-state index in [2.05, 4.69) is 10.5 Å². The first-order valence-corrected chi connectivity index (χ1v) is 7.66. The largest absolute Gasteiger partial charge is 0.355 e. The van der Waals surface area contributed by atoms with Crippen molar-refractivity contribution in [3.05, 3.63) is 69.3 Å². The molecule has 0 bridgehead atoms. The van der Waals surface area contributed by atoms with Gasteiger partial charge in [-0.2, -0.15) is 0 Å². The van der Waals surface area contributed by atoms with Gasteiger partial charge in [0.05, 0.1) is 15.7 Å². The van der Waals surface area contributed by atoms with E-state index >= 15 is 0 Å². The van der Waals surface area contributed by atoms with E-state index in [0.29, 0.717) is 21.5 Å². The van der Waals surface area contributed by atoms with Crippen LogP contribution in [0.15, 0.2) is 53.1 Å². The zero-order valence-electron chi connectivity index (χ0n) is 11.5. The van der Waals surface area contributed by atoms with E-state index in [-0.39, 0.29) is 10.7 Å².